The van der Waals surface area contributed by atoms with E-state index in [0.717, 1.165) is 16.6 Å². The maximum Gasteiger partial charge on any atom is 0.147 e. The van der Waals surface area contributed by atoms with Gasteiger partial charge in [-0.1, -0.05) is 53.5 Å². The highest BCUT2D eigenvalue weighted by molar-refractivity contribution is 6.42. The van der Waals surface area contributed by atoms with Crippen LogP contribution in [0.5, 0.6) is 5.75 Å². The van der Waals surface area contributed by atoms with Crippen LogP contribution in [0.2, 0.25) is 10.0 Å². The van der Waals surface area contributed by atoms with Gasteiger partial charge in [-0.15, -0.1) is 0 Å². The average molecular weight is 410 g/mol. The lowest BCUT2D eigenvalue weighted by Crippen LogP contribution is -2.13. The Morgan fingerprint density at radius 3 is 2.54 bits per heavy atom. The molecular formula is C22H17Cl2N3O. The summed E-state index contributed by atoms with van der Waals surface area (Å²) in [5.74, 6) is 0.802. The first kappa shape index (κ1) is 18.5. The molecule has 140 valence electrons. The van der Waals surface area contributed by atoms with E-state index in [1.54, 1.807) is 18.3 Å². The predicted octanol–water partition coefficient (Wildman–Crippen LogP) is 6.15. The van der Waals surface area contributed by atoms with E-state index >= 15 is 0 Å². The summed E-state index contributed by atoms with van der Waals surface area (Å²) in [5.41, 5.74) is 2.92. The highest BCUT2D eigenvalue weighted by Crippen LogP contribution is 2.37. The first-order valence-electron chi connectivity index (χ1n) is 8.74. The number of nitrogens with one attached hydrogen (secondary N) is 1. The van der Waals surface area contributed by atoms with Gasteiger partial charge in [-0.3, -0.25) is 0 Å². The van der Waals surface area contributed by atoms with Crippen LogP contribution >= 0.6 is 23.2 Å². The van der Waals surface area contributed by atoms with Gasteiger partial charge in [0.1, 0.15) is 17.1 Å². The van der Waals surface area contributed by atoms with Crippen molar-refractivity contribution >= 4 is 39.9 Å². The zero-order valence-electron chi connectivity index (χ0n) is 15.0. The van der Waals surface area contributed by atoms with Crippen LogP contribution in [0.25, 0.3) is 10.9 Å². The summed E-state index contributed by atoms with van der Waals surface area (Å²) in [6.07, 6.45) is 1.71. The molecule has 6 heteroatoms. The fourth-order valence-corrected chi connectivity index (χ4v) is 3.45. The maximum atomic E-state index is 11.0. The van der Waals surface area contributed by atoms with E-state index in [1.807, 2.05) is 55.5 Å². The van der Waals surface area contributed by atoms with Gasteiger partial charge in [0, 0.05) is 22.8 Å². The van der Waals surface area contributed by atoms with Crippen LogP contribution in [0, 0.1) is 6.92 Å². The molecule has 0 saturated carbocycles. The van der Waals surface area contributed by atoms with Crippen molar-refractivity contribution < 1.29 is 5.11 Å². The zero-order chi connectivity index (χ0) is 19.7. The third-order valence-electron chi connectivity index (χ3n) is 4.55. The second kappa shape index (κ2) is 7.66. The minimum Gasteiger partial charge on any atom is -0.505 e. The lowest BCUT2D eigenvalue weighted by molar-refractivity contribution is 0.471. The van der Waals surface area contributed by atoms with E-state index in [2.05, 4.69) is 15.3 Å². The molecule has 2 N–H and O–H groups in total. The monoisotopic (exact) mass is 409 g/mol. The number of halogens is 2. The van der Waals surface area contributed by atoms with Crippen molar-refractivity contribution in [1.29, 1.82) is 0 Å². The summed E-state index contributed by atoms with van der Waals surface area (Å²) >= 11 is 12.3. The molecule has 0 aliphatic rings. The normalized spacial score (nSPS) is 12.1. The molecule has 0 fully saturated rings. The van der Waals surface area contributed by atoms with Gasteiger partial charge in [0.2, 0.25) is 0 Å². The summed E-state index contributed by atoms with van der Waals surface area (Å²) in [6.45, 7) is 1.90. The van der Waals surface area contributed by atoms with Gasteiger partial charge >= 0.3 is 0 Å². The standard InChI is InChI=1S/C22H17Cl2N3O/c1-13-5-6-14-7-9-16(22(28)21(14)26-13)20(27-19-4-2-3-11-25-19)15-8-10-17(23)18(24)12-15/h2-12,20,28H,1H3,(H,25,27)/t20-/m1/s1. The largest absolute Gasteiger partial charge is 0.505 e. The highest BCUT2D eigenvalue weighted by atomic mass is 35.5. The van der Waals surface area contributed by atoms with E-state index in [4.69, 9.17) is 23.2 Å². The quantitative estimate of drug-likeness (QED) is 0.424. The number of aromatic hydroxyl groups is 1. The lowest BCUT2D eigenvalue weighted by atomic mass is 9.96. The minimum absolute atomic E-state index is 0.126. The van der Waals surface area contributed by atoms with Crippen LogP contribution in [0.4, 0.5) is 5.82 Å². The lowest BCUT2D eigenvalue weighted by Gasteiger charge is -2.22. The number of anilines is 1. The van der Waals surface area contributed by atoms with Crippen LogP contribution in [0.1, 0.15) is 22.9 Å². The number of pyridine rings is 2. The number of aryl methyl sites for hydroxylation is 1. The van der Waals surface area contributed by atoms with Crippen molar-refractivity contribution in [3.8, 4) is 5.75 Å². The molecule has 2 aromatic carbocycles. The van der Waals surface area contributed by atoms with Gasteiger partial charge in [-0.25, -0.2) is 9.97 Å². The van der Waals surface area contributed by atoms with Crippen molar-refractivity contribution in [3.05, 3.63) is 93.7 Å². The molecule has 0 radical (unpaired) electrons. The number of phenols is 1. The third-order valence-corrected chi connectivity index (χ3v) is 5.29. The number of hydrogen-bond acceptors (Lipinski definition) is 4. The van der Waals surface area contributed by atoms with Gasteiger partial charge in [0.15, 0.2) is 0 Å². The Balaban J connectivity index is 1.88. The van der Waals surface area contributed by atoms with Crippen molar-refractivity contribution in [3.63, 3.8) is 0 Å². The molecule has 2 heterocycles. The van der Waals surface area contributed by atoms with Crippen molar-refractivity contribution in [1.82, 2.24) is 9.97 Å². The van der Waals surface area contributed by atoms with Crippen LogP contribution < -0.4 is 5.32 Å². The number of rotatable bonds is 4. The van der Waals surface area contributed by atoms with E-state index in [0.29, 0.717) is 26.9 Å². The van der Waals surface area contributed by atoms with Crippen LogP contribution in [0.3, 0.4) is 0 Å². The van der Waals surface area contributed by atoms with E-state index in [9.17, 15) is 5.11 Å². The molecule has 0 saturated heterocycles. The first-order valence-corrected chi connectivity index (χ1v) is 9.50. The second-order valence-electron chi connectivity index (χ2n) is 6.49. The molecule has 0 unspecified atom stereocenters. The average Bonchev–Trinajstić information content (AvgIpc) is 2.70. The number of hydrogen-bond donors (Lipinski definition) is 2. The van der Waals surface area contributed by atoms with Gasteiger partial charge in [-0.05, 0) is 42.8 Å². The number of aromatic nitrogens is 2. The topological polar surface area (TPSA) is 58.0 Å². The summed E-state index contributed by atoms with van der Waals surface area (Å²) in [7, 11) is 0. The number of phenolic OH excluding ortho intramolecular Hbond substituents is 1. The van der Waals surface area contributed by atoms with E-state index in [1.165, 1.54) is 0 Å². The van der Waals surface area contributed by atoms with Crippen molar-refractivity contribution in [2.45, 2.75) is 13.0 Å². The molecule has 0 amide bonds. The third kappa shape index (κ3) is 3.61. The fourth-order valence-electron chi connectivity index (χ4n) is 3.15. The van der Waals surface area contributed by atoms with E-state index in [-0.39, 0.29) is 5.75 Å². The van der Waals surface area contributed by atoms with Gasteiger partial charge in [-0.2, -0.15) is 0 Å². The fraction of sp³-hybridized carbons (Fsp3) is 0.0909. The molecule has 0 aliphatic heterocycles. The number of fused-ring (bicyclic) bond motifs is 1. The summed E-state index contributed by atoms with van der Waals surface area (Å²) < 4.78 is 0. The summed E-state index contributed by atoms with van der Waals surface area (Å²) in [6, 6.07) is 18.3. The Morgan fingerprint density at radius 1 is 0.964 bits per heavy atom. The van der Waals surface area contributed by atoms with Crippen LogP contribution in [-0.4, -0.2) is 15.1 Å². The van der Waals surface area contributed by atoms with Crippen molar-refractivity contribution in [2.75, 3.05) is 5.32 Å². The second-order valence-corrected chi connectivity index (χ2v) is 7.31. The van der Waals surface area contributed by atoms with Crippen LogP contribution in [0.15, 0.2) is 66.9 Å². The number of nitrogens with zero attached hydrogens (tertiary/aromatic N) is 2. The Labute approximate surface area is 172 Å². The SMILES string of the molecule is Cc1ccc2ccc([C@H](Nc3ccccn3)c3ccc(Cl)c(Cl)c3)c(O)c2n1. The first-order chi connectivity index (χ1) is 13.5. The molecule has 2 aromatic heterocycles. The zero-order valence-corrected chi connectivity index (χ0v) is 16.5. The van der Waals surface area contributed by atoms with Gasteiger partial charge in [0.05, 0.1) is 16.1 Å². The molecule has 28 heavy (non-hydrogen) atoms. The Bertz CT molecular complexity index is 1150. The van der Waals surface area contributed by atoms with Gasteiger partial charge < -0.3 is 10.4 Å². The predicted molar refractivity (Wildman–Crippen MR) is 114 cm³/mol. The summed E-state index contributed by atoms with van der Waals surface area (Å²) in [4.78, 5) is 8.86. The summed E-state index contributed by atoms with van der Waals surface area (Å²) in [5, 5.41) is 16.2. The molecule has 0 aliphatic carbocycles. The minimum atomic E-state index is -0.392. The molecule has 0 bridgehead atoms. The Kier molecular flexibility index (Phi) is 5.07. The molecular weight excluding hydrogens is 393 g/mol. The maximum absolute atomic E-state index is 11.0. The Hall–Kier alpha value is -2.82. The van der Waals surface area contributed by atoms with E-state index < -0.39 is 6.04 Å². The molecule has 0 spiro atoms. The molecule has 4 rings (SSSR count). The smallest absolute Gasteiger partial charge is 0.147 e. The van der Waals surface area contributed by atoms with Gasteiger partial charge in [0.25, 0.3) is 0 Å². The molecule has 4 nitrogen and oxygen atoms in total. The van der Waals surface area contributed by atoms with Crippen molar-refractivity contribution in [2.24, 2.45) is 0 Å². The van der Waals surface area contributed by atoms with Crippen LogP contribution in [-0.2, 0) is 0 Å². The number of benzene rings is 2. The Morgan fingerprint density at radius 2 is 1.79 bits per heavy atom. The highest BCUT2D eigenvalue weighted by Gasteiger charge is 2.21. The molecule has 4 aromatic rings. The molecule has 1 atom stereocenters.